The standard InChI is InChI=1S/C14H19N3O/c1-10(2)13(9-15)14(18)16-11-6-5-7-12(8-11)17(3)4/h5-8,10,13H,1-4H3,(H,16,18). The molecular weight excluding hydrogens is 226 g/mol. The molecule has 0 aliphatic carbocycles. The molecule has 1 aromatic rings. The summed E-state index contributed by atoms with van der Waals surface area (Å²) in [5.74, 6) is -0.858. The summed E-state index contributed by atoms with van der Waals surface area (Å²) in [5, 5.41) is 11.8. The number of rotatable bonds is 4. The molecule has 0 aliphatic rings. The van der Waals surface area contributed by atoms with Crippen LogP contribution in [0.2, 0.25) is 0 Å². The van der Waals surface area contributed by atoms with Crippen LogP contribution in [0.4, 0.5) is 11.4 Å². The molecule has 0 heterocycles. The van der Waals surface area contributed by atoms with Gasteiger partial charge in [-0.15, -0.1) is 0 Å². The molecule has 1 N–H and O–H groups in total. The van der Waals surface area contributed by atoms with Gasteiger partial charge in [-0.1, -0.05) is 19.9 Å². The molecule has 0 fully saturated rings. The molecule has 18 heavy (non-hydrogen) atoms. The maximum Gasteiger partial charge on any atom is 0.241 e. The largest absolute Gasteiger partial charge is 0.378 e. The Morgan fingerprint density at radius 2 is 2.06 bits per heavy atom. The summed E-state index contributed by atoms with van der Waals surface area (Å²) in [6.07, 6.45) is 0. The molecule has 1 rings (SSSR count). The van der Waals surface area contributed by atoms with Crippen molar-refractivity contribution in [2.75, 3.05) is 24.3 Å². The van der Waals surface area contributed by atoms with E-state index in [-0.39, 0.29) is 11.8 Å². The fourth-order valence-corrected chi connectivity index (χ4v) is 1.59. The smallest absolute Gasteiger partial charge is 0.241 e. The van der Waals surface area contributed by atoms with Crippen LogP contribution in [0.25, 0.3) is 0 Å². The highest BCUT2D eigenvalue weighted by Crippen LogP contribution is 2.19. The van der Waals surface area contributed by atoms with Crippen molar-refractivity contribution < 1.29 is 4.79 Å². The van der Waals surface area contributed by atoms with E-state index >= 15 is 0 Å². The molecule has 1 amide bonds. The van der Waals surface area contributed by atoms with Crippen LogP contribution in [0.15, 0.2) is 24.3 Å². The molecule has 0 saturated carbocycles. The molecule has 0 bridgehead atoms. The number of nitrogens with zero attached hydrogens (tertiary/aromatic N) is 2. The number of hydrogen-bond donors (Lipinski definition) is 1. The van der Waals surface area contributed by atoms with Gasteiger partial charge in [0.1, 0.15) is 5.92 Å². The van der Waals surface area contributed by atoms with E-state index in [9.17, 15) is 4.79 Å². The van der Waals surface area contributed by atoms with Gasteiger partial charge in [0.2, 0.25) is 5.91 Å². The van der Waals surface area contributed by atoms with Crippen LogP contribution in [0.5, 0.6) is 0 Å². The first-order chi connectivity index (χ1) is 8.45. The number of benzene rings is 1. The van der Waals surface area contributed by atoms with Crippen molar-refractivity contribution in [3.8, 4) is 6.07 Å². The lowest BCUT2D eigenvalue weighted by atomic mass is 9.96. The number of carbonyl (C=O) groups excluding carboxylic acids is 1. The second kappa shape index (κ2) is 6.06. The molecule has 0 radical (unpaired) electrons. The summed E-state index contributed by atoms with van der Waals surface area (Å²) in [4.78, 5) is 13.9. The normalized spacial score (nSPS) is 11.8. The minimum atomic E-state index is -0.618. The van der Waals surface area contributed by atoms with E-state index in [4.69, 9.17) is 5.26 Å². The van der Waals surface area contributed by atoms with Gasteiger partial charge < -0.3 is 10.2 Å². The SMILES string of the molecule is CC(C)C(C#N)C(=O)Nc1cccc(N(C)C)c1. The fraction of sp³-hybridized carbons (Fsp3) is 0.429. The topological polar surface area (TPSA) is 56.1 Å². The lowest BCUT2D eigenvalue weighted by molar-refractivity contribution is -0.119. The summed E-state index contributed by atoms with van der Waals surface area (Å²) in [6.45, 7) is 3.73. The summed E-state index contributed by atoms with van der Waals surface area (Å²) in [7, 11) is 3.88. The van der Waals surface area contributed by atoms with Gasteiger partial charge in [-0.05, 0) is 24.1 Å². The monoisotopic (exact) mass is 245 g/mol. The Hall–Kier alpha value is -2.02. The lowest BCUT2D eigenvalue weighted by Crippen LogP contribution is -2.25. The molecule has 0 aliphatic heterocycles. The van der Waals surface area contributed by atoms with Crippen molar-refractivity contribution >= 4 is 17.3 Å². The number of nitriles is 1. The van der Waals surface area contributed by atoms with E-state index in [1.54, 1.807) is 0 Å². The van der Waals surface area contributed by atoms with E-state index in [1.165, 1.54) is 0 Å². The Balaban J connectivity index is 2.82. The Morgan fingerprint density at radius 3 is 2.56 bits per heavy atom. The van der Waals surface area contributed by atoms with Crippen LogP contribution >= 0.6 is 0 Å². The zero-order valence-electron chi connectivity index (χ0n) is 11.3. The highest BCUT2D eigenvalue weighted by molar-refractivity contribution is 5.94. The summed E-state index contributed by atoms with van der Waals surface area (Å²) in [6, 6.07) is 9.57. The van der Waals surface area contributed by atoms with E-state index in [1.807, 2.05) is 63.2 Å². The molecule has 1 unspecified atom stereocenters. The van der Waals surface area contributed by atoms with Crippen molar-refractivity contribution in [1.82, 2.24) is 0 Å². The first-order valence-electron chi connectivity index (χ1n) is 5.93. The third kappa shape index (κ3) is 3.49. The molecule has 0 saturated heterocycles. The number of anilines is 2. The second-order valence-electron chi connectivity index (χ2n) is 4.78. The molecule has 4 nitrogen and oxygen atoms in total. The Morgan fingerprint density at radius 1 is 1.39 bits per heavy atom. The second-order valence-corrected chi connectivity index (χ2v) is 4.78. The van der Waals surface area contributed by atoms with E-state index in [0.29, 0.717) is 5.69 Å². The zero-order chi connectivity index (χ0) is 13.7. The predicted octanol–water partition coefficient (Wildman–Crippen LogP) is 2.49. The van der Waals surface area contributed by atoms with Crippen molar-refractivity contribution in [3.63, 3.8) is 0 Å². The molecule has 96 valence electrons. The van der Waals surface area contributed by atoms with E-state index < -0.39 is 5.92 Å². The summed E-state index contributed by atoms with van der Waals surface area (Å²) >= 11 is 0. The van der Waals surface area contributed by atoms with Crippen LogP contribution in [-0.4, -0.2) is 20.0 Å². The van der Waals surface area contributed by atoms with Gasteiger partial charge in [0, 0.05) is 25.5 Å². The maximum atomic E-state index is 11.9. The summed E-state index contributed by atoms with van der Waals surface area (Å²) < 4.78 is 0. The van der Waals surface area contributed by atoms with Gasteiger partial charge >= 0.3 is 0 Å². The molecule has 0 spiro atoms. The van der Waals surface area contributed by atoms with Gasteiger partial charge in [-0.3, -0.25) is 4.79 Å². The molecule has 1 aromatic carbocycles. The van der Waals surface area contributed by atoms with Gasteiger partial charge in [0.25, 0.3) is 0 Å². The lowest BCUT2D eigenvalue weighted by Gasteiger charge is -2.16. The number of hydrogen-bond acceptors (Lipinski definition) is 3. The van der Waals surface area contributed by atoms with Crippen LogP contribution in [0.3, 0.4) is 0 Å². The minimum absolute atomic E-state index is 0.00651. The Bertz CT molecular complexity index is 460. The molecular formula is C14H19N3O. The third-order valence-corrected chi connectivity index (χ3v) is 2.72. The molecule has 0 aromatic heterocycles. The molecule has 1 atom stereocenters. The van der Waals surface area contributed by atoms with Crippen molar-refractivity contribution in [2.45, 2.75) is 13.8 Å². The third-order valence-electron chi connectivity index (χ3n) is 2.72. The van der Waals surface area contributed by atoms with Crippen LogP contribution in [0.1, 0.15) is 13.8 Å². The van der Waals surface area contributed by atoms with E-state index in [0.717, 1.165) is 5.69 Å². The van der Waals surface area contributed by atoms with Crippen LogP contribution in [0, 0.1) is 23.2 Å². The van der Waals surface area contributed by atoms with Crippen molar-refractivity contribution in [2.24, 2.45) is 11.8 Å². The predicted molar refractivity (Wildman–Crippen MR) is 73.3 cm³/mol. The van der Waals surface area contributed by atoms with Gasteiger partial charge in [0.15, 0.2) is 0 Å². The van der Waals surface area contributed by atoms with Gasteiger partial charge in [-0.2, -0.15) is 5.26 Å². The van der Waals surface area contributed by atoms with E-state index in [2.05, 4.69) is 5.32 Å². The highest BCUT2D eigenvalue weighted by atomic mass is 16.1. The first kappa shape index (κ1) is 14.0. The van der Waals surface area contributed by atoms with Crippen LogP contribution < -0.4 is 10.2 Å². The van der Waals surface area contributed by atoms with Crippen LogP contribution in [-0.2, 0) is 4.79 Å². The fourth-order valence-electron chi connectivity index (χ4n) is 1.59. The number of amides is 1. The van der Waals surface area contributed by atoms with Crippen molar-refractivity contribution in [3.05, 3.63) is 24.3 Å². The summed E-state index contributed by atoms with van der Waals surface area (Å²) in [5.41, 5.74) is 1.72. The Labute approximate surface area is 108 Å². The number of carbonyl (C=O) groups is 1. The van der Waals surface area contributed by atoms with Crippen molar-refractivity contribution in [1.29, 1.82) is 5.26 Å². The molecule has 4 heteroatoms. The number of nitrogens with one attached hydrogen (secondary N) is 1. The minimum Gasteiger partial charge on any atom is -0.378 e. The quantitative estimate of drug-likeness (QED) is 0.886. The Kier molecular flexibility index (Phi) is 4.73. The van der Waals surface area contributed by atoms with Gasteiger partial charge in [-0.25, -0.2) is 0 Å². The average molecular weight is 245 g/mol. The average Bonchev–Trinajstić information content (AvgIpc) is 2.29. The van der Waals surface area contributed by atoms with Gasteiger partial charge in [0.05, 0.1) is 6.07 Å². The highest BCUT2D eigenvalue weighted by Gasteiger charge is 2.21. The zero-order valence-corrected chi connectivity index (χ0v) is 11.3. The first-order valence-corrected chi connectivity index (χ1v) is 5.93. The maximum absolute atomic E-state index is 11.9.